The molecule has 0 aliphatic carbocycles. The van der Waals surface area contributed by atoms with Gasteiger partial charge in [0.05, 0.1) is 17.3 Å². The maximum atomic E-state index is 12.9. The molecule has 7 nitrogen and oxygen atoms in total. The number of carbonyl (C=O) groups excluding carboxylic acids is 1. The molecule has 9 heteroatoms. The van der Waals surface area contributed by atoms with E-state index in [1.54, 1.807) is 4.90 Å². The Labute approximate surface area is 170 Å². The molecule has 0 N–H and O–H groups in total. The lowest BCUT2D eigenvalue weighted by molar-refractivity contribution is -0.130. The third-order valence-corrected chi connectivity index (χ3v) is 7.48. The highest BCUT2D eigenvalue weighted by atomic mass is 32.2. The summed E-state index contributed by atoms with van der Waals surface area (Å²) < 4.78 is 25.6. The lowest BCUT2D eigenvalue weighted by Gasteiger charge is -2.29. The number of rotatable bonds is 7. The predicted octanol–water partition coefficient (Wildman–Crippen LogP) is 2.25. The molecule has 0 unspecified atom stereocenters. The SMILES string of the molecule is CC(C)CN(C(=O)CSc1nnc(-c2ccccc2)n1C)[C@@H]1CCS(=O)(=O)C1. The van der Waals surface area contributed by atoms with E-state index in [0.29, 0.717) is 18.1 Å². The Bertz CT molecular complexity index is 926. The Morgan fingerprint density at radius 2 is 2.00 bits per heavy atom. The van der Waals surface area contributed by atoms with E-state index in [1.165, 1.54) is 11.8 Å². The van der Waals surface area contributed by atoms with Crippen LogP contribution in [-0.4, -0.2) is 63.8 Å². The Balaban J connectivity index is 1.69. The van der Waals surface area contributed by atoms with Gasteiger partial charge in [0.1, 0.15) is 0 Å². The molecule has 0 spiro atoms. The molecule has 1 amide bonds. The Morgan fingerprint density at radius 3 is 2.61 bits per heavy atom. The second-order valence-electron chi connectivity index (χ2n) is 7.52. The van der Waals surface area contributed by atoms with Gasteiger partial charge in [0.25, 0.3) is 0 Å². The molecule has 1 atom stereocenters. The lowest BCUT2D eigenvalue weighted by Crippen LogP contribution is -2.44. The minimum Gasteiger partial charge on any atom is -0.338 e. The average Bonchev–Trinajstić information content (AvgIpc) is 3.20. The van der Waals surface area contributed by atoms with Crippen molar-refractivity contribution in [1.82, 2.24) is 19.7 Å². The molecule has 1 saturated heterocycles. The Hall–Kier alpha value is -1.87. The summed E-state index contributed by atoms with van der Waals surface area (Å²) in [5.41, 5.74) is 0.966. The topological polar surface area (TPSA) is 85.2 Å². The van der Waals surface area contributed by atoms with Crippen LogP contribution in [0.4, 0.5) is 0 Å². The van der Waals surface area contributed by atoms with Crippen LogP contribution < -0.4 is 0 Å². The number of hydrogen-bond acceptors (Lipinski definition) is 6. The van der Waals surface area contributed by atoms with E-state index >= 15 is 0 Å². The van der Waals surface area contributed by atoms with Crippen LogP contribution in [0.15, 0.2) is 35.5 Å². The first-order valence-electron chi connectivity index (χ1n) is 9.34. The van der Waals surface area contributed by atoms with Crippen LogP contribution in [0.5, 0.6) is 0 Å². The zero-order valence-electron chi connectivity index (χ0n) is 16.4. The predicted molar refractivity (Wildman–Crippen MR) is 111 cm³/mol. The van der Waals surface area contributed by atoms with Crippen molar-refractivity contribution in [3.63, 3.8) is 0 Å². The van der Waals surface area contributed by atoms with E-state index in [1.807, 2.05) is 55.8 Å². The van der Waals surface area contributed by atoms with Crippen molar-refractivity contribution >= 4 is 27.5 Å². The van der Waals surface area contributed by atoms with Crippen molar-refractivity contribution in [2.45, 2.75) is 31.5 Å². The van der Waals surface area contributed by atoms with E-state index in [4.69, 9.17) is 0 Å². The summed E-state index contributed by atoms with van der Waals surface area (Å²) in [7, 11) is -1.16. The van der Waals surface area contributed by atoms with E-state index in [-0.39, 0.29) is 35.1 Å². The molecule has 2 aromatic rings. The fourth-order valence-electron chi connectivity index (χ4n) is 3.36. The van der Waals surface area contributed by atoms with Gasteiger partial charge in [0.2, 0.25) is 5.91 Å². The maximum Gasteiger partial charge on any atom is 0.233 e. The number of thioether (sulfide) groups is 1. The quantitative estimate of drug-likeness (QED) is 0.636. The zero-order valence-corrected chi connectivity index (χ0v) is 18.0. The molecule has 0 saturated carbocycles. The molecule has 3 rings (SSSR count). The van der Waals surface area contributed by atoms with Crippen molar-refractivity contribution in [2.75, 3.05) is 23.8 Å². The number of aromatic nitrogens is 3. The molecular weight excluding hydrogens is 396 g/mol. The van der Waals surface area contributed by atoms with Gasteiger partial charge in [-0.05, 0) is 12.3 Å². The zero-order chi connectivity index (χ0) is 20.3. The van der Waals surface area contributed by atoms with Crippen LogP contribution in [0.2, 0.25) is 0 Å². The van der Waals surface area contributed by atoms with Crippen molar-refractivity contribution in [3.05, 3.63) is 30.3 Å². The third kappa shape index (κ3) is 4.94. The van der Waals surface area contributed by atoms with Gasteiger partial charge in [-0.15, -0.1) is 10.2 Å². The summed E-state index contributed by atoms with van der Waals surface area (Å²) in [5.74, 6) is 1.41. The van der Waals surface area contributed by atoms with Gasteiger partial charge in [-0.3, -0.25) is 4.79 Å². The summed E-state index contributed by atoms with van der Waals surface area (Å²) in [6.45, 7) is 4.63. The van der Waals surface area contributed by atoms with Gasteiger partial charge in [-0.1, -0.05) is 55.9 Å². The van der Waals surface area contributed by atoms with Crippen LogP contribution in [0.1, 0.15) is 20.3 Å². The summed E-state index contributed by atoms with van der Waals surface area (Å²) >= 11 is 1.33. The number of nitrogens with zero attached hydrogens (tertiary/aromatic N) is 4. The summed E-state index contributed by atoms with van der Waals surface area (Å²) in [6, 6.07) is 9.54. The van der Waals surface area contributed by atoms with Crippen LogP contribution in [0, 0.1) is 5.92 Å². The van der Waals surface area contributed by atoms with Gasteiger partial charge in [0, 0.05) is 25.2 Å². The second kappa shape index (κ2) is 8.65. The van der Waals surface area contributed by atoms with Crippen molar-refractivity contribution in [1.29, 1.82) is 0 Å². The maximum absolute atomic E-state index is 12.9. The number of sulfone groups is 1. The number of hydrogen-bond donors (Lipinski definition) is 0. The van der Waals surface area contributed by atoms with Crippen molar-refractivity contribution in [2.24, 2.45) is 13.0 Å². The van der Waals surface area contributed by atoms with E-state index in [9.17, 15) is 13.2 Å². The minimum absolute atomic E-state index is 0.0509. The molecule has 2 heterocycles. The largest absolute Gasteiger partial charge is 0.338 e. The average molecular weight is 423 g/mol. The molecule has 0 radical (unpaired) electrons. The van der Waals surface area contributed by atoms with E-state index < -0.39 is 9.84 Å². The molecule has 152 valence electrons. The summed E-state index contributed by atoms with van der Waals surface area (Å²) in [5, 5.41) is 9.12. The van der Waals surface area contributed by atoms with E-state index in [2.05, 4.69) is 10.2 Å². The monoisotopic (exact) mass is 422 g/mol. The lowest BCUT2D eigenvalue weighted by atomic mass is 10.1. The van der Waals surface area contributed by atoms with Gasteiger partial charge in [-0.2, -0.15) is 0 Å². The highest BCUT2D eigenvalue weighted by Gasteiger charge is 2.34. The highest BCUT2D eigenvalue weighted by molar-refractivity contribution is 7.99. The Kier molecular flexibility index (Phi) is 6.44. The Morgan fingerprint density at radius 1 is 1.29 bits per heavy atom. The van der Waals surface area contributed by atoms with Crippen LogP contribution >= 0.6 is 11.8 Å². The van der Waals surface area contributed by atoms with Gasteiger partial charge in [-0.25, -0.2) is 8.42 Å². The molecule has 28 heavy (non-hydrogen) atoms. The van der Waals surface area contributed by atoms with Gasteiger partial charge in [0.15, 0.2) is 20.8 Å². The molecule has 0 bridgehead atoms. The molecular formula is C19H26N4O3S2. The fourth-order valence-corrected chi connectivity index (χ4v) is 5.89. The first-order valence-corrected chi connectivity index (χ1v) is 12.1. The van der Waals surface area contributed by atoms with Crippen LogP contribution in [0.25, 0.3) is 11.4 Å². The summed E-state index contributed by atoms with van der Waals surface area (Å²) in [6.07, 6.45) is 0.521. The fraction of sp³-hybridized carbons (Fsp3) is 0.526. The third-order valence-electron chi connectivity index (χ3n) is 4.72. The molecule has 1 aliphatic heterocycles. The highest BCUT2D eigenvalue weighted by Crippen LogP contribution is 2.24. The molecule has 1 aromatic heterocycles. The summed E-state index contributed by atoms with van der Waals surface area (Å²) in [4.78, 5) is 14.6. The normalized spacial score (nSPS) is 18.5. The van der Waals surface area contributed by atoms with Crippen molar-refractivity contribution < 1.29 is 13.2 Å². The van der Waals surface area contributed by atoms with Crippen LogP contribution in [-0.2, 0) is 21.7 Å². The van der Waals surface area contributed by atoms with Crippen molar-refractivity contribution in [3.8, 4) is 11.4 Å². The number of amides is 1. The number of benzene rings is 1. The van der Waals surface area contributed by atoms with Gasteiger partial charge < -0.3 is 9.47 Å². The van der Waals surface area contributed by atoms with Crippen LogP contribution in [0.3, 0.4) is 0 Å². The standard InChI is InChI=1S/C19H26N4O3S2/c1-14(2)11-23(16-9-10-28(25,26)13-16)17(24)12-27-19-21-20-18(22(19)3)15-7-5-4-6-8-15/h4-8,14,16H,9-13H2,1-3H3/t16-/m1/s1. The first kappa shape index (κ1) is 20.9. The molecule has 1 fully saturated rings. The smallest absolute Gasteiger partial charge is 0.233 e. The molecule has 1 aromatic carbocycles. The minimum atomic E-state index is -3.04. The number of carbonyl (C=O) groups is 1. The second-order valence-corrected chi connectivity index (χ2v) is 10.7. The van der Waals surface area contributed by atoms with E-state index in [0.717, 1.165) is 11.4 Å². The molecule has 1 aliphatic rings. The first-order chi connectivity index (χ1) is 13.3. The van der Waals surface area contributed by atoms with Gasteiger partial charge >= 0.3 is 0 Å².